The van der Waals surface area contributed by atoms with Crippen LogP contribution in [0.1, 0.15) is 24.2 Å². The molecule has 1 heterocycles. The van der Waals surface area contributed by atoms with E-state index in [-0.39, 0.29) is 18.5 Å². The predicted octanol–water partition coefficient (Wildman–Crippen LogP) is 2.23. The van der Waals surface area contributed by atoms with Gasteiger partial charge in [-0.1, -0.05) is 47.6 Å². The number of nitrogens with zero attached hydrogens (tertiary/aromatic N) is 2. The summed E-state index contributed by atoms with van der Waals surface area (Å²) in [7, 11) is 1.89. The first kappa shape index (κ1) is 17.1. The van der Waals surface area contributed by atoms with Gasteiger partial charge in [0.15, 0.2) is 5.82 Å². The minimum Gasteiger partial charge on any atom is -0.347 e. The van der Waals surface area contributed by atoms with Crippen LogP contribution in [-0.4, -0.2) is 29.1 Å². The summed E-state index contributed by atoms with van der Waals surface area (Å²) in [4.78, 5) is 16.5. The van der Waals surface area contributed by atoms with Gasteiger partial charge in [0.25, 0.3) is 0 Å². The van der Waals surface area contributed by atoms with Crippen LogP contribution in [0.3, 0.4) is 0 Å². The zero-order valence-electron chi connectivity index (χ0n) is 14.5. The Bertz CT molecular complexity index is 854. The maximum atomic E-state index is 12.2. The molecule has 3 aromatic rings. The normalized spacial score (nSPS) is 12.2. The third-order valence-electron chi connectivity index (χ3n) is 4.16. The van der Waals surface area contributed by atoms with Crippen molar-refractivity contribution in [3.63, 3.8) is 0 Å². The molecule has 0 aliphatic rings. The minimum absolute atomic E-state index is 0.0697. The van der Waals surface area contributed by atoms with Crippen LogP contribution in [0.5, 0.6) is 0 Å². The molecule has 1 amide bonds. The van der Waals surface area contributed by atoms with Crippen LogP contribution in [0.4, 0.5) is 0 Å². The number of fused-ring (bicyclic) bond motifs is 1. The Morgan fingerprint density at radius 3 is 2.84 bits per heavy atom. The van der Waals surface area contributed by atoms with Gasteiger partial charge in [-0.15, -0.1) is 0 Å². The Hall–Kier alpha value is -2.73. The Kier molecular flexibility index (Phi) is 5.40. The summed E-state index contributed by atoms with van der Waals surface area (Å²) in [5, 5.41) is 12.1. The quantitative estimate of drug-likeness (QED) is 0.690. The highest BCUT2D eigenvalue weighted by Gasteiger charge is 2.11. The lowest BCUT2D eigenvalue weighted by Crippen LogP contribution is -2.25. The summed E-state index contributed by atoms with van der Waals surface area (Å²) < 4.78 is 5.18. The Balaban J connectivity index is 1.58. The summed E-state index contributed by atoms with van der Waals surface area (Å²) in [5.74, 6) is 0.990. The summed E-state index contributed by atoms with van der Waals surface area (Å²) in [6, 6.07) is 14.3. The van der Waals surface area contributed by atoms with E-state index >= 15 is 0 Å². The van der Waals surface area contributed by atoms with Gasteiger partial charge in [-0.2, -0.15) is 4.98 Å². The largest absolute Gasteiger partial charge is 0.347 e. The third kappa shape index (κ3) is 4.42. The molecule has 0 spiro atoms. The maximum absolute atomic E-state index is 12.2. The van der Waals surface area contributed by atoms with Crippen LogP contribution in [0.25, 0.3) is 10.8 Å². The van der Waals surface area contributed by atoms with Gasteiger partial charge in [-0.25, -0.2) is 0 Å². The Morgan fingerprint density at radius 2 is 2.00 bits per heavy atom. The minimum atomic E-state index is -0.0697. The molecule has 0 radical (unpaired) electrons. The van der Waals surface area contributed by atoms with E-state index in [1.807, 2.05) is 56.4 Å². The van der Waals surface area contributed by atoms with Crippen LogP contribution >= 0.6 is 0 Å². The van der Waals surface area contributed by atoms with Crippen molar-refractivity contribution >= 4 is 16.7 Å². The molecule has 0 fully saturated rings. The van der Waals surface area contributed by atoms with E-state index in [1.165, 1.54) is 0 Å². The second-order valence-corrected chi connectivity index (χ2v) is 6.09. The van der Waals surface area contributed by atoms with Gasteiger partial charge in [-0.3, -0.25) is 4.79 Å². The molecule has 1 unspecified atom stereocenters. The molecular formula is C19H22N4O2. The van der Waals surface area contributed by atoms with Crippen molar-refractivity contribution in [3.05, 3.63) is 59.7 Å². The molecule has 0 saturated heterocycles. The van der Waals surface area contributed by atoms with Gasteiger partial charge in [-0.05, 0) is 30.3 Å². The van der Waals surface area contributed by atoms with E-state index < -0.39 is 0 Å². The average molecular weight is 338 g/mol. The molecule has 1 aromatic heterocycles. The van der Waals surface area contributed by atoms with Gasteiger partial charge in [0, 0.05) is 12.5 Å². The van der Waals surface area contributed by atoms with Crippen LogP contribution in [0, 0.1) is 0 Å². The van der Waals surface area contributed by atoms with Gasteiger partial charge >= 0.3 is 0 Å². The topological polar surface area (TPSA) is 80.0 Å². The van der Waals surface area contributed by atoms with Crippen molar-refractivity contribution in [1.29, 1.82) is 0 Å². The number of hydrogen-bond donors (Lipinski definition) is 2. The second kappa shape index (κ2) is 7.90. The van der Waals surface area contributed by atoms with Gasteiger partial charge in [0.2, 0.25) is 11.8 Å². The van der Waals surface area contributed by atoms with Crippen molar-refractivity contribution in [2.24, 2.45) is 0 Å². The van der Waals surface area contributed by atoms with E-state index in [0.29, 0.717) is 24.6 Å². The molecule has 130 valence electrons. The smallest absolute Gasteiger partial charge is 0.246 e. The Labute approximate surface area is 146 Å². The number of hydrogen-bond acceptors (Lipinski definition) is 5. The lowest BCUT2D eigenvalue weighted by molar-refractivity contribution is -0.120. The first-order valence-corrected chi connectivity index (χ1v) is 8.38. The van der Waals surface area contributed by atoms with E-state index in [1.54, 1.807) is 0 Å². The number of carbonyl (C=O) groups excluding carboxylic acids is 1. The number of benzene rings is 2. The van der Waals surface area contributed by atoms with Crippen molar-refractivity contribution in [3.8, 4) is 0 Å². The number of amides is 1. The zero-order valence-corrected chi connectivity index (χ0v) is 14.5. The van der Waals surface area contributed by atoms with Crippen molar-refractivity contribution < 1.29 is 9.32 Å². The van der Waals surface area contributed by atoms with E-state index in [2.05, 4.69) is 20.8 Å². The maximum Gasteiger partial charge on any atom is 0.246 e. The summed E-state index contributed by atoms with van der Waals surface area (Å²) in [5.41, 5.74) is 1.00. The number of nitrogens with one attached hydrogen (secondary N) is 2. The van der Waals surface area contributed by atoms with Crippen LogP contribution in [0.15, 0.2) is 47.0 Å². The van der Waals surface area contributed by atoms with Crippen molar-refractivity contribution in [2.75, 3.05) is 7.05 Å². The number of carbonyl (C=O) groups is 1. The molecule has 0 aliphatic carbocycles. The fourth-order valence-electron chi connectivity index (χ4n) is 2.68. The molecule has 0 bridgehead atoms. The van der Waals surface area contributed by atoms with Gasteiger partial charge in [0.05, 0.1) is 13.0 Å². The monoisotopic (exact) mass is 338 g/mol. The molecule has 3 rings (SSSR count). The molecule has 25 heavy (non-hydrogen) atoms. The third-order valence-corrected chi connectivity index (χ3v) is 4.16. The molecule has 2 N–H and O–H groups in total. The number of likely N-dealkylation sites (N-methyl/N-ethyl adjacent to an activating group) is 1. The highest BCUT2D eigenvalue weighted by molar-refractivity contribution is 5.90. The number of rotatable bonds is 7. The van der Waals surface area contributed by atoms with Crippen molar-refractivity contribution in [1.82, 2.24) is 20.8 Å². The van der Waals surface area contributed by atoms with E-state index in [9.17, 15) is 4.79 Å². The predicted molar refractivity (Wildman–Crippen MR) is 96.0 cm³/mol. The average Bonchev–Trinajstić information content (AvgIpc) is 3.07. The molecule has 2 aromatic carbocycles. The number of aromatic nitrogens is 2. The van der Waals surface area contributed by atoms with Crippen LogP contribution in [-0.2, 0) is 24.2 Å². The highest BCUT2D eigenvalue weighted by Crippen LogP contribution is 2.18. The second-order valence-electron chi connectivity index (χ2n) is 6.09. The Morgan fingerprint density at radius 1 is 1.20 bits per heavy atom. The van der Waals surface area contributed by atoms with Crippen LogP contribution in [0.2, 0.25) is 0 Å². The fourth-order valence-corrected chi connectivity index (χ4v) is 2.68. The van der Waals surface area contributed by atoms with E-state index in [4.69, 9.17) is 4.52 Å². The summed E-state index contributed by atoms with van der Waals surface area (Å²) in [6.45, 7) is 2.28. The SMILES string of the molecule is CNC(C)Cc1noc(CNC(=O)Cc2cccc3ccccc23)n1. The zero-order chi connectivity index (χ0) is 17.6. The molecule has 1 atom stereocenters. The summed E-state index contributed by atoms with van der Waals surface area (Å²) in [6.07, 6.45) is 1.00. The molecular weight excluding hydrogens is 316 g/mol. The first-order chi connectivity index (χ1) is 12.2. The molecule has 6 nitrogen and oxygen atoms in total. The lowest BCUT2D eigenvalue weighted by atomic mass is 10.0. The standard InChI is InChI=1S/C19H22N4O2/c1-13(20-2)10-17-22-19(25-23-17)12-21-18(24)11-15-8-5-7-14-6-3-4-9-16(14)15/h3-9,13,20H,10-12H2,1-2H3,(H,21,24). The fraction of sp³-hybridized carbons (Fsp3) is 0.316. The molecule has 0 saturated carbocycles. The first-order valence-electron chi connectivity index (χ1n) is 8.38. The van der Waals surface area contributed by atoms with Gasteiger partial charge in [0.1, 0.15) is 0 Å². The lowest BCUT2D eigenvalue weighted by Gasteiger charge is -2.06. The van der Waals surface area contributed by atoms with E-state index in [0.717, 1.165) is 16.3 Å². The summed E-state index contributed by atoms with van der Waals surface area (Å²) >= 11 is 0. The molecule has 0 aliphatic heterocycles. The molecule has 6 heteroatoms. The van der Waals surface area contributed by atoms with Gasteiger partial charge < -0.3 is 15.2 Å². The van der Waals surface area contributed by atoms with Crippen LogP contribution < -0.4 is 10.6 Å². The van der Waals surface area contributed by atoms with Crippen molar-refractivity contribution in [2.45, 2.75) is 32.4 Å². The highest BCUT2D eigenvalue weighted by atomic mass is 16.5.